The molecule has 0 bridgehead atoms. The number of esters is 1. The SMILES string of the molecule is COC(=O)C1=Cc2cc(CCc3cc(CC(=O)c4ccc(CN5CCN(C)CC5)cc4)ccc3C)cnc2C1. The standard InChI is InChI=1S/C33H37N3O3/c1-23-4-5-25(18-32(37)27-9-6-24(7-10-27)22-36-14-12-35(2)13-15-36)16-28(23)11-8-26-17-29-19-30(33(38)39-3)20-31(29)34-21-26/h4-7,9-10,16-17,19,21H,8,11-15,18,20,22H2,1-3H3. The van der Waals surface area contributed by atoms with Gasteiger partial charge in [0.2, 0.25) is 0 Å². The number of carbonyl (C=O) groups is 2. The first-order valence-corrected chi connectivity index (χ1v) is 13.8. The fourth-order valence-electron chi connectivity index (χ4n) is 5.38. The molecule has 6 heteroatoms. The number of hydrogen-bond donors (Lipinski definition) is 0. The lowest BCUT2D eigenvalue weighted by molar-refractivity contribution is -0.136. The first-order chi connectivity index (χ1) is 18.9. The fourth-order valence-corrected chi connectivity index (χ4v) is 5.38. The summed E-state index contributed by atoms with van der Waals surface area (Å²) < 4.78 is 4.86. The van der Waals surface area contributed by atoms with Gasteiger partial charge in [-0.2, -0.15) is 0 Å². The zero-order valence-corrected chi connectivity index (χ0v) is 23.2. The molecule has 1 saturated heterocycles. The van der Waals surface area contributed by atoms with E-state index in [0.29, 0.717) is 18.4 Å². The normalized spacial score (nSPS) is 15.6. The number of fused-ring (bicyclic) bond motifs is 1. The maximum absolute atomic E-state index is 13.1. The molecule has 0 amide bonds. The maximum Gasteiger partial charge on any atom is 0.334 e. The van der Waals surface area contributed by atoms with Crippen molar-refractivity contribution in [2.45, 2.75) is 39.2 Å². The van der Waals surface area contributed by atoms with Gasteiger partial charge in [-0.15, -0.1) is 0 Å². The van der Waals surface area contributed by atoms with Crippen molar-refractivity contribution in [3.05, 3.63) is 105 Å². The van der Waals surface area contributed by atoms with Crippen LogP contribution in [0, 0.1) is 6.92 Å². The molecule has 0 radical (unpaired) electrons. The van der Waals surface area contributed by atoms with E-state index >= 15 is 0 Å². The van der Waals surface area contributed by atoms with Crippen LogP contribution in [0.15, 0.2) is 60.3 Å². The van der Waals surface area contributed by atoms with Crippen LogP contribution >= 0.6 is 0 Å². The molecule has 1 fully saturated rings. The molecule has 202 valence electrons. The average Bonchev–Trinajstić information content (AvgIpc) is 3.38. The number of aryl methyl sites for hydroxylation is 3. The van der Waals surface area contributed by atoms with Crippen molar-refractivity contribution in [3.8, 4) is 0 Å². The molecule has 0 N–H and O–H groups in total. The third kappa shape index (κ3) is 6.70. The third-order valence-electron chi connectivity index (χ3n) is 7.93. The van der Waals surface area contributed by atoms with Crippen molar-refractivity contribution in [1.82, 2.24) is 14.8 Å². The molecule has 1 aliphatic carbocycles. The van der Waals surface area contributed by atoms with Gasteiger partial charge >= 0.3 is 5.97 Å². The number of Topliss-reactive ketones (excluding diaryl/α,β-unsaturated/α-hetero) is 1. The summed E-state index contributed by atoms with van der Waals surface area (Å²) in [6, 6.07) is 16.6. The van der Waals surface area contributed by atoms with E-state index in [4.69, 9.17) is 4.74 Å². The zero-order chi connectivity index (χ0) is 27.4. The number of pyridine rings is 1. The minimum absolute atomic E-state index is 0.145. The summed E-state index contributed by atoms with van der Waals surface area (Å²) in [6.45, 7) is 7.44. The largest absolute Gasteiger partial charge is 0.466 e. The Morgan fingerprint density at radius 1 is 0.923 bits per heavy atom. The lowest BCUT2D eigenvalue weighted by Crippen LogP contribution is -2.43. The molecule has 2 heterocycles. The van der Waals surface area contributed by atoms with E-state index in [0.717, 1.165) is 73.5 Å². The van der Waals surface area contributed by atoms with E-state index in [9.17, 15) is 9.59 Å². The summed E-state index contributed by atoms with van der Waals surface area (Å²) in [5, 5.41) is 0. The molecule has 2 aliphatic rings. The maximum atomic E-state index is 13.1. The van der Waals surface area contributed by atoms with Crippen molar-refractivity contribution >= 4 is 17.8 Å². The van der Waals surface area contributed by atoms with Crippen LogP contribution in [-0.4, -0.2) is 66.9 Å². The van der Waals surface area contributed by atoms with Crippen LogP contribution < -0.4 is 0 Å². The van der Waals surface area contributed by atoms with Crippen molar-refractivity contribution in [1.29, 1.82) is 0 Å². The fraction of sp³-hybridized carbons (Fsp3) is 0.364. The number of rotatable bonds is 9. The highest BCUT2D eigenvalue weighted by Crippen LogP contribution is 2.25. The number of benzene rings is 2. The summed E-state index contributed by atoms with van der Waals surface area (Å²) in [6.07, 6.45) is 6.41. The van der Waals surface area contributed by atoms with E-state index in [1.807, 2.05) is 24.4 Å². The Kier molecular flexibility index (Phi) is 8.34. The minimum Gasteiger partial charge on any atom is -0.466 e. The van der Waals surface area contributed by atoms with Crippen LogP contribution in [0.5, 0.6) is 0 Å². The van der Waals surface area contributed by atoms with Crippen LogP contribution in [-0.2, 0) is 41.8 Å². The Bertz CT molecular complexity index is 1390. The van der Waals surface area contributed by atoms with Gasteiger partial charge in [-0.05, 0) is 72.3 Å². The quantitative estimate of drug-likeness (QED) is 0.305. The number of nitrogens with zero attached hydrogens (tertiary/aromatic N) is 3. The molecule has 0 saturated carbocycles. The summed E-state index contributed by atoms with van der Waals surface area (Å²) in [5.74, 6) is -0.148. The number of piperazine rings is 1. The van der Waals surface area contributed by atoms with Crippen molar-refractivity contribution < 1.29 is 14.3 Å². The number of methoxy groups -OCH3 is 1. The topological polar surface area (TPSA) is 62.7 Å². The van der Waals surface area contributed by atoms with Crippen molar-refractivity contribution in [2.75, 3.05) is 40.3 Å². The van der Waals surface area contributed by atoms with E-state index in [1.165, 1.54) is 23.8 Å². The molecule has 0 atom stereocenters. The van der Waals surface area contributed by atoms with Crippen LogP contribution in [0.2, 0.25) is 0 Å². The molecule has 1 aliphatic heterocycles. The molecular formula is C33H37N3O3. The first kappa shape index (κ1) is 27.0. The molecule has 3 aromatic rings. The number of aromatic nitrogens is 1. The Labute approximate surface area is 231 Å². The Morgan fingerprint density at radius 3 is 2.41 bits per heavy atom. The van der Waals surface area contributed by atoms with Crippen molar-refractivity contribution in [2.24, 2.45) is 0 Å². The first-order valence-electron chi connectivity index (χ1n) is 13.8. The predicted octanol–water partition coefficient (Wildman–Crippen LogP) is 4.46. The van der Waals surface area contributed by atoms with Gasteiger partial charge < -0.3 is 9.64 Å². The van der Waals surface area contributed by atoms with Crippen LogP contribution in [0.4, 0.5) is 0 Å². The van der Waals surface area contributed by atoms with E-state index in [2.05, 4.69) is 65.2 Å². The zero-order valence-electron chi connectivity index (χ0n) is 23.2. The van der Waals surface area contributed by atoms with Gasteiger partial charge in [0.05, 0.1) is 12.8 Å². The number of carbonyl (C=O) groups excluding carboxylic acids is 2. The van der Waals surface area contributed by atoms with E-state index in [1.54, 1.807) is 0 Å². The third-order valence-corrected chi connectivity index (χ3v) is 7.93. The predicted molar refractivity (Wildman–Crippen MR) is 154 cm³/mol. The Morgan fingerprint density at radius 2 is 1.67 bits per heavy atom. The van der Waals surface area contributed by atoms with Gasteiger partial charge in [0.25, 0.3) is 0 Å². The number of likely N-dealkylation sites (N-methyl/N-ethyl adjacent to an activating group) is 1. The smallest absolute Gasteiger partial charge is 0.334 e. The molecule has 2 aromatic carbocycles. The summed E-state index contributed by atoms with van der Waals surface area (Å²) in [7, 11) is 3.57. The van der Waals surface area contributed by atoms with Gasteiger partial charge in [0, 0.05) is 62.9 Å². The van der Waals surface area contributed by atoms with Gasteiger partial charge in [-0.3, -0.25) is 14.7 Å². The molecule has 39 heavy (non-hydrogen) atoms. The summed E-state index contributed by atoms with van der Waals surface area (Å²) in [5.41, 5.74) is 9.23. The van der Waals surface area contributed by atoms with Crippen LogP contribution in [0.3, 0.4) is 0 Å². The summed E-state index contributed by atoms with van der Waals surface area (Å²) >= 11 is 0. The molecule has 0 spiro atoms. The second-order valence-electron chi connectivity index (χ2n) is 10.9. The molecular weight excluding hydrogens is 486 g/mol. The highest BCUT2D eigenvalue weighted by Gasteiger charge is 2.20. The van der Waals surface area contributed by atoms with Gasteiger partial charge in [0.15, 0.2) is 5.78 Å². The van der Waals surface area contributed by atoms with Gasteiger partial charge in [0.1, 0.15) is 0 Å². The molecule has 6 nitrogen and oxygen atoms in total. The minimum atomic E-state index is -0.293. The highest BCUT2D eigenvalue weighted by molar-refractivity contribution is 5.97. The molecule has 1 aromatic heterocycles. The van der Waals surface area contributed by atoms with E-state index in [-0.39, 0.29) is 11.8 Å². The van der Waals surface area contributed by atoms with E-state index < -0.39 is 0 Å². The van der Waals surface area contributed by atoms with Crippen LogP contribution in [0.25, 0.3) is 6.08 Å². The molecule has 5 rings (SSSR count). The summed E-state index contributed by atoms with van der Waals surface area (Å²) in [4.78, 5) is 34.4. The lowest BCUT2D eigenvalue weighted by Gasteiger charge is -2.32. The molecule has 0 unspecified atom stereocenters. The second-order valence-corrected chi connectivity index (χ2v) is 10.9. The second kappa shape index (κ2) is 12.1. The van der Waals surface area contributed by atoms with Gasteiger partial charge in [-0.25, -0.2) is 4.79 Å². The van der Waals surface area contributed by atoms with Crippen molar-refractivity contribution in [3.63, 3.8) is 0 Å². The number of ether oxygens (including phenoxy) is 1. The highest BCUT2D eigenvalue weighted by atomic mass is 16.5. The lowest BCUT2D eigenvalue weighted by atomic mass is 9.95. The Balaban J connectivity index is 1.18. The van der Waals surface area contributed by atoms with Gasteiger partial charge in [-0.1, -0.05) is 42.5 Å². The number of hydrogen-bond acceptors (Lipinski definition) is 6. The van der Waals surface area contributed by atoms with Crippen LogP contribution in [0.1, 0.15) is 49.4 Å². The average molecular weight is 524 g/mol. The monoisotopic (exact) mass is 523 g/mol. The Hall–Kier alpha value is -3.61. The number of ketones is 1.